The molecule has 6 heteroatoms. The van der Waals surface area contributed by atoms with Gasteiger partial charge in [-0.3, -0.25) is 10.1 Å². The van der Waals surface area contributed by atoms with Gasteiger partial charge in [0.1, 0.15) is 0 Å². The minimum atomic E-state index is -0.346. The topological polar surface area (TPSA) is 81.2 Å². The minimum Gasteiger partial charge on any atom is -0.424 e. The van der Waals surface area contributed by atoms with Gasteiger partial charge in [0, 0.05) is 28.4 Å². The molecule has 0 bridgehead atoms. The van der Waals surface area contributed by atoms with Crippen LogP contribution in [0, 0.1) is 17.0 Å². The average molecular weight is 319 g/mol. The predicted molar refractivity (Wildman–Crippen MR) is 101 cm³/mol. The fourth-order valence-corrected chi connectivity index (χ4v) is 2.90. The van der Waals surface area contributed by atoms with E-state index < -0.39 is 0 Å². The van der Waals surface area contributed by atoms with Crippen LogP contribution in [0.25, 0.3) is 10.8 Å². The predicted octanol–water partition coefficient (Wildman–Crippen LogP) is 3.58. The molecule has 0 fully saturated rings. The summed E-state index contributed by atoms with van der Waals surface area (Å²) in [6.45, 7) is 3.63. The molecular formula is C18H18BN3O2. The molecule has 0 atom stereocenters. The Bertz CT molecular complexity index is 922. The number of nitro benzene ring substituents is 1. The zero-order valence-corrected chi connectivity index (χ0v) is 13.6. The molecule has 0 heterocycles. The van der Waals surface area contributed by atoms with Crippen molar-refractivity contribution in [3.8, 4) is 0 Å². The Morgan fingerprint density at radius 3 is 2.54 bits per heavy atom. The Labute approximate surface area is 140 Å². The van der Waals surface area contributed by atoms with E-state index in [0.717, 1.165) is 21.9 Å². The van der Waals surface area contributed by atoms with Crippen LogP contribution in [0.3, 0.4) is 0 Å². The maximum absolute atomic E-state index is 11.1. The number of nitro groups is 1. The standard InChI is InChI=1S/C18H18BN3O2/c1-12-9-10-14(11-17(12)22(23)24)19(2)21-16-8-4-6-13-5-3-7-15(20)18(13)16/h3-11,21H,20H2,1-2H3. The van der Waals surface area contributed by atoms with Crippen LogP contribution in [0.4, 0.5) is 17.1 Å². The van der Waals surface area contributed by atoms with Gasteiger partial charge in [0.25, 0.3) is 12.5 Å². The Kier molecular flexibility index (Phi) is 4.12. The van der Waals surface area contributed by atoms with Crippen molar-refractivity contribution >= 4 is 40.1 Å². The van der Waals surface area contributed by atoms with E-state index in [4.69, 9.17) is 5.73 Å². The van der Waals surface area contributed by atoms with Crippen LogP contribution in [0.5, 0.6) is 0 Å². The van der Waals surface area contributed by atoms with Gasteiger partial charge in [-0.2, -0.15) is 0 Å². The Morgan fingerprint density at radius 1 is 1.12 bits per heavy atom. The van der Waals surface area contributed by atoms with Gasteiger partial charge in [0.05, 0.1) is 4.92 Å². The van der Waals surface area contributed by atoms with Gasteiger partial charge in [0.2, 0.25) is 0 Å². The molecule has 3 aromatic rings. The normalized spacial score (nSPS) is 10.6. The van der Waals surface area contributed by atoms with Crippen molar-refractivity contribution in [1.82, 2.24) is 0 Å². The molecule has 3 N–H and O–H groups in total. The van der Waals surface area contributed by atoms with E-state index in [0.29, 0.717) is 11.3 Å². The van der Waals surface area contributed by atoms with Crippen molar-refractivity contribution in [2.75, 3.05) is 11.0 Å². The van der Waals surface area contributed by atoms with Gasteiger partial charge in [-0.25, -0.2) is 0 Å². The third kappa shape index (κ3) is 2.90. The number of nitrogens with one attached hydrogen (secondary N) is 1. The smallest absolute Gasteiger partial charge is 0.283 e. The van der Waals surface area contributed by atoms with Gasteiger partial charge in [-0.05, 0) is 29.9 Å². The van der Waals surface area contributed by atoms with Crippen molar-refractivity contribution in [1.29, 1.82) is 0 Å². The Hall–Kier alpha value is -3.02. The molecule has 3 aromatic carbocycles. The summed E-state index contributed by atoms with van der Waals surface area (Å²) in [4.78, 5) is 10.8. The molecule has 0 aliphatic rings. The third-order valence-corrected chi connectivity index (χ3v) is 4.24. The molecule has 0 spiro atoms. The average Bonchev–Trinajstić information content (AvgIpc) is 2.55. The molecule has 0 saturated carbocycles. The summed E-state index contributed by atoms with van der Waals surface area (Å²) in [6, 6.07) is 17.1. The third-order valence-electron chi connectivity index (χ3n) is 4.24. The van der Waals surface area contributed by atoms with E-state index in [1.165, 1.54) is 0 Å². The lowest BCUT2D eigenvalue weighted by Gasteiger charge is -2.16. The zero-order chi connectivity index (χ0) is 17.3. The minimum absolute atomic E-state index is 0.0884. The van der Waals surface area contributed by atoms with Crippen molar-refractivity contribution in [3.05, 3.63) is 70.3 Å². The first-order chi connectivity index (χ1) is 11.5. The number of nitrogens with zero attached hydrogens (tertiary/aromatic N) is 1. The van der Waals surface area contributed by atoms with Crippen LogP contribution >= 0.6 is 0 Å². The number of nitrogen functional groups attached to an aromatic ring is 1. The molecule has 0 radical (unpaired) electrons. The number of hydrogen-bond donors (Lipinski definition) is 2. The molecule has 0 unspecified atom stereocenters. The molecule has 120 valence electrons. The monoisotopic (exact) mass is 319 g/mol. The lowest BCUT2D eigenvalue weighted by Crippen LogP contribution is -2.35. The fourth-order valence-electron chi connectivity index (χ4n) is 2.90. The molecule has 0 aromatic heterocycles. The van der Waals surface area contributed by atoms with E-state index in [1.807, 2.05) is 49.3 Å². The summed E-state index contributed by atoms with van der Waals surface area (Å²) in [5.41, 5.74) is 9.41. The largest absolute Gasteiger partial charge is 0.424 e. The second-order valence-corrected chi connectivity index (χ2v) is 5.92. The highest BCUT2D eigenvalue weighted by Gasteiger charge is 2.18. The van der Waals surface area contributed by atoms with E-state index in [9.17, 15) is 10.1 Å². The van der Waals surface area contributed by atoms with E-state index in [-0.39, 0.29) is 17.5 Å². The molecule has 3 rings (SSSR count). The number of hydrogen-bond acceptors (Lipinski definition) is 4. The van der Waals surface area contributed by atoms with Crippen molar-refractivity contribution < 1.29 is 4.92 Å². The number of rotatable bonds is 4. The summed E-state index contributed by atoms with van der Waals surface area (Å²) >= 11 is 0. The highest BCUT2D eigenvalue weighted by Crippen LogP contribution is 2.29. The Balaban J connectivity index is 1.98. The van der Waals surface area contributed by atoms with Crippen LogP contribution in [0.1, 0.15) is 5.56 Å². The molecule has 0 aliphatic carbocycles. The first kappa shape index (κ1) is 15.9. The maximum atomic E-state index is 11.1. The molecule has 0 amide bonds. The van der Waals surface area contributed by atoms with Crippen LogP contribution in [0.2, 0.25) is 6.82 Å². The lowest BCUT2D eigenvalue weighted by molar-refractivity contribution is -0.385. The summed E-state index contributed by atoms with van der Waals surface area (Å²) in [5.74, 6) is 0. The van der Waals surface area contributed by atoms with Crippen LogP contribution in [-0.2, 0) is 0 Å². The highest BCUT2D eigenvalue weighted by atomic mass is 16.6. The van der Waals surface area contributed by atoms with E-state index in [1.54, 1.807) is 19.1 Å². The van der Waals surface area contributed by atoms with Gasteiger partial charge in [-0.1, -0.05) is 43.2 Å². The number of aryl methyl sites for hydroxylation is 1. The van der Waals surface area contributed by atoms with Gasteiger partial charge >= 0.3 is 0 Å². The first-order valence-electron chi connectivity index (χ1n) is 7.76. The number of anilines is 2. The van der Waals surface area contributed by atoms with Gasteiger partial charge < -0.3 is 11.0 Å². The van der Waals surface area contributed by atoms with Crippen LogP contribution in [0.15, 0.2) is 54.6 Å². The molecule has 5 nitrogen and oxygen atoms in total. The van der Waals surface area contributed by atoms with E-state index in [2.05, 4.69) is 5.23 Å². The first-order valence-corrected chi connectivity index (χ1v) is 7.76. The van der Waals surface area contributed by atoms with E-state index >= 15 is 0 Å². The fraction of sp³-hybridized carbons (Fsp3) is 0.111. The van der Waals surface area contributed by atoms with Gasteiger partial charge in [0.15, 0.2) is 0 Å². The summed E-state index contributed by atoms with van der Waals surface area (Å²) < 4.78 is 0. The summed E-state index contributed by atoms with van der Waals surface area (Å²) in [6.07, 6.45) is 0. The second kappa shape index (κ2) is 6.24. The highest BCUT2D eigenvalue weighted by molar-refractivity contribution is 6.75. The zero-order valence-electron chi connectivity index (χ0n) is 13.6. The number of nitrogens with two attached hydrogens (primary N) is 1. The van der Waals surface area contributed by atoms with Crippen molar-refractivity contribution in [3.63, 3.8) is 0 Å². The number of benzene rings is 3. The maximum Gasteiger partial charge on any atom is 0.283 e. The van der Waals surface area contributed by atoms with Crippen molar-refractivity contribution in [2.24, 2.45) is 0 Å². The Morgan fingerprint density at radius 2 is 1.83 bits per heavy atom. The molecular weight excluding hydrogens is 301 g/mol. The lowest BCUT2D eigenvalue weighted by atomic mass is 9.58. The number of fused-ring (bicyclic) bond motifs is 1. The molecule has 24 heavy (non-hydrogen) atoms. The van der Waals surface area contributed by atoms with Crippen molar-refractivity contribution in [2.45, 2.75) is 13.7 Å². The van der Waals surface area contributed by atoms with Crippen LogP contribution < -0.4 is 16.4 Å². The quantitative estimate of drug-likeness (QED) is 0.333. The van der Waals surface area contributed by atoms with Crippen LogP contribution in [-0.4, -0.2) is 11.8 Å². The second-order valence-electron chi connectivity index (χ2n) is 5.92. The van der Waals surface area contributed by atoms with Gasteiger partial charge in [-0.15, -0.1) is 0 Å². The molecule has 0 aliphatic heterocycles. The summed E-state index contributed by atoms with van der Waals surface area (Å²) in [7, 11) is 0. The molecule has 0 saturated heterocycles. The SMILES string of the molecule is CB(Nc1cccc2cccc(N)c12)c1ccc(C)c([N+](=O)[O-])c1. The summed E-state index contributed by atoms with van der Waals surface area (Å²) in [5, 5.41) is 16.6.